The molecule has 1 rings (SSSR count). The average molecular weight is 198 g/mol. The number of esters is 1. The van der Waals surface area contributed by atoms with Crippen molar-refractivity contribution in [2.24, 2.45) is 5.73 Å². The number of aromatic nitrogens is 3. The quantitative estimate of drug-likeness (QED) is 0.643. The Hall–Kier alpha value is -1.43. The van der Waals surface area contributed by atoms with Crippen molar-refractivity contribution in [3.8, 4) is 0 Å². The molecule has 3 N–H and O–H groups in total. The molecule has 1 heterocycles. The van der Waals surface area contributed by atoms with Crippen LogP contribution in [0.5, 0.6) is 0 Å². The number of H-pyrrole nitrogens is 1. The molecule has 0 radical (unpaired) electrons. The summed E-state index contributed by atoms with van der Waals surface area (Å²) in [6, 6.07) is 0. The van der Waals surface area contributed by atoms with Crippen LogP contribution in [0, 0.1) is 0 Å². The molecule has 0 unspecified atom stereocenters. The Morgan fingerprint density at radius 1 is 1.64 bits per heavy atom. The Morgan fingerprint density at radius 2 is 2.43 bits per heavy atom. The standard InChI is InChI=1S/C8H14N4O2/c1-2-14-8(13)7-10-6(11-12-7)4-3-5-9/h2-5,9H2,1H3,(H,10,11,12). The van der Waals surface area contributed by atoms with Crippen LogP contribution in [0.3, 0.4) is 0 Å². The van der Waals surface area contributed by atoms with Crippen LogP contribution in [-0.4, -0.2) is 34.3 Å². The number of nitrogens with zero attached hydrogens (tertiary/aromatic N) is 2. The Morgan fingerprint density at radius 3 is 3.07 bits per heavy atom. The largest absolute Gasteiger partial charge is 0.460 e. The van der Waals surface area contributed by atoms with Gasteiger partial charge in [0.25, 0.3) is 5.82 Å². The highest BCUT2D eigenvalue weighted by molar-refractivity contribution is 5.84. The van der Waals surface area contributed by atoms with Gasteiger partial charge in [0.05, 0.1) is 6.61 Å². The molecule has 0 saturated heterocycles. The van der Waals surface area contributed by atoms with Crippen molar-refractivity contribution in [2.75, 3.05) is 13.2 Å². The van der Waals surface area contributed by atoms with Gasteiger partial charge in [0, 0.05) is 6.42 Å². The van der Waals surface area contributed by atoms with E-state index in [4.69, 9.17) is 10.5 Å². The molecule has 1 aromatic heterocycles. The second-order valence-corrected chi connectivity index (χ2v) is 2.72. The fourth-order valence-corrected chi connectivity index (χ4v) is 0.964. The highest BCUT2D eigenvalue weighted by Crippen LogP contribution is 1.98. The van der Waals surface area contributed by atoms with Gasteiger partial charge in [-0.05, 0) is 19.9 Å². The van der Waals surface area contributed by atoms with Crippen LogP contribution in [0.4, 0.5) is 0 Å². The van der Waals surface area contributed by atoms with E-state index in [1.807, 2.05) is 0 Å². The Labute approximate surface area is 81.9 Å². The Bertz CT molecular complexity index is 297. The minimum Gasteiger partial charge on any atom is -0.460 e. The number of rotatable bonds is 5. The highest BCUT2D eigenvalue weighted by atomic mass is 16.5. The van der Waals surface area contributed by atoms with Crippen molar-refractivity contribution in [3.05, 3.63) is 11.6 Å². The minimum absolute atomic E-state index is 0.0823. The fraction of sp³-hybridized carbons (Fsp3) is 0.625. The topological polar surface area (TPSA) is 93.9 Å². The first kappa shape index (κ1) is 10.6. The molecule has 14 heavy (non-hydrogen) atoms. The van der Waals surface area contributed by atoms with E-state index in [1.165, 1.54) is 0 Å². The van der Waals surface area contributed by atoms with Gasteiger partial charge >= 0.3 is 5.97 Å². The third-order valence-electron chi connectivity index (χ3n) is 1.61. The number of ether oxygens (including phenoxy) is 1. The maximum Gasteiger partial charge on any atom is 0.378 e. The molecule has 0 aromatic carbocycles. The summed E-state index contributed by atoms with van der Waals surface area (Å²) in [4.78, 5) is 15.1. The maximum absolute atomic E-state index is 11.1. The molecule has 0 aliphatic rings. The number of hydrogen-bond acceptors (Lipinski definition) is 5. The fourth-order valence-electron chi connectivity index (χ4n) is 0.964. The van der Waals surface area contributed by atoms with Crippen LogP contribution < -0.4 is 5.73 Å². The molecule has 0 amide bonds. The lowest BCUT2D eigenvalue weighted by molar-refractivity contribution is 0.0512. The zero-order valence-corrected chi connectivity index (χ0v) is 8.12. The Kier molecular flexibility index (Phi) is 4.06. The second-order valence-electron chi connectivity index (χ2n) is 2.72. The monoisotopic (exact) mass is 198 g/mol. The number of aromatic amines is 1. The molecular formula is C8H14N4O2. The van der Waals surface area contributed by atoms with Crippen molar-refractivity contribution < 1.29 is 9.53 Å². The van der Waals surface area contributed by atoms with Gasteiger partial charge in [-0.1, -0.05) is 0 Å². The molecule has 0 atom stereocenters. The summed E-state index contributed by atoms with van der Waals surface area (Å²) in [6.07, 6.45) is 1.51. The lowest BCUT2D eigenvalue weighted by Gasteiger charge is -1.94. The molecule has 78 valence electrons. The number of hydrogen-bond donors (Lipinski definition) is 2. The van der Waals surface area contributed by atoms with E-state index in [9.17, 15) is 4.79 Å². The first-order valence-electron chi connectivity index (χ1n) is 4.56. The van der Waals surface area contributed by atoms with Crippen LogP contribution in [-0.2, 0) is 11.2 Å². The molecule has 6 heteroatoms. The van der Waals surface area contributed by atoms with Gasteiger partial charge in [-0.3, -0.25) is 5.10 Å². The van der Waals surface area contributed by atoms with Gasteiger partial charge in [-0.25, -0.2) is 9.78 Å². The van der Waals surface area contributed by atoms with Gasteiger partial charge < -0.3 is 10.5 Å². The van der Waals surface area contributed by atoms with Gasteiger partial charge in [0.15, 0.2) is 0 Å². The second kappa shape index (κ2) is 5.33. The lowest BCUT2D eigenvalue weighted by atomic mass is 10.3. The van der Waals surface area contributed by atoms with Gasteiger partial charge in [-0.15, -0.1) is 5.10 Å². The molecule has 0 spiro atoms. The summed E-state index contributed by atoms with van der Waals surface area (Å²) >= 11 is 0. The number of carbonyl (C=O) groups excluding carboxylic acids is 1. The summed E-state index contributed by atoms with van der Waals surface area (Å²) in [5.41, 5.74) is 5.34. The van der Waals surface area contributed by atoms with Gasteiger partial charge in [0.1, 0.15) is 5.82 Å². The summed E-state index contributed by atoms with van der Waals surface area (Å²) in [5, 5.41) is 6.40. The zero-order valence-electron chi connectivity index (χ0n) is 8.12. The van der Waals surface area contributed by atoms with Crippen molar-refractivity contribution in [3.63, 3.8) is 0 Å². The van der Waals surface area contributed by atoms with Gasteiger partial charge in [-0.2, -0.15) is 0 Å². The summed E-state index contributed by atoms with van der Waals surface area (Å²) in [5.74, 6) is 0.250. The molecule has 0 saturated carbocycles. The van der Waals surface area contributed by atoms with Crippen LogP contribution in [0.15, 0.2) is 0 Å². The van der Waals surface area contributed by atoms with Crippen LogP contribution >= 0.6 is 0 Å². The first-order valence-corrected chi connectivity index (χ1v) is 4.56. The third-order valence-corrected chi connectivity index (χ3v) is 1.61. The van der Waals surface area contributed by atoms with E-state index in [2.05, 4.69) is 15.2 Å². The predicted molar refractivity (Wildman–Crippen MR) is 49.7 cm³/mol. The summed E-state index contributed by atoms with van der Waals surface area (Å²) in [6.45, 7) is 2.65. The molecule has 0 fully saturated rings. The van der Waals surface area contributed by atoms with Crippen LogP contribution in [0.25, 0.3) is 0 Å². The van der Waals surface area contributed by atoms with Crippen LogP contribution in [0.2, 0.25) is 0 Å². The van der Waals surface area contributed by atoms with Gasteiger partial charge in [0.2, 0.25) is 0 Å². The number of aryl methyl sites for hydroxylation is 1. The van der Waals surface area contributed by atoms with E-state index in [1.54, 1.807) is 6.92 Å². The van der Waals surface area contributed by atoms with E-state index in [0.29, 0.717) is 25.4 Å². The Balaban J connectivity index is 2.54. The first-order chi connectivity index (χ1) is 6.77. The van der Waals surface area contributed by atoms with Crippen molar-refractivity contribution in [2.45, 2.75) is 19.8 Å². The van der Waals surface area contributed by atoms with E-state index >= 15 is 0 Å². The maximum atomic E-state index is 11.1. The SMILES string of the molecule is CCOC(=O)c1n[nH]c(CCCN)n1. The van der Waals surface area contributed by atoms with E-state index < -0.39 is 5.97 Å². The molecule has 6 nitrogen and oxygen atoms in total. The molecule has 0 aliphatic heterocycles. The number of nitrogens with one attached hydrogen (secondary N) is 1. The van der Waals surface area contributed by atoms with Crippen LogP contribution in [0.1, 0.15) is 29.8 Å². The average Bonchev–Trinajstić information content (AvgIpc) is 2.63. The van der Waals surface area contributed by atoms with Crippen molar-refractivity contribution in [1.29, 1.82) is 0 Å². The number of carbonyl (C=O) groups is 1. The molecule has 0 bridgehead atoms. The van der Waals surface area contributed by atoms with Crippen molar-refractivity contribution in [1.82, 2.24) is 15.2 Å². The molecule has 0 aliphatic carbocycles. The highest BCUT2D eigenvalue weighted by Gasteiger charge is 2.12. The van der Waals surface area contributed by atoms with E-state index in [-0.39, 0.29) is 5.82 Å². The predicted octanol–water partition coefficient (Wildman–Crippen LogP) is -0.127. The molecular weight excluding hydrogens is 184 g/mol. The summed E-state index contributed by atoms with van der Waals surface area (Å²) in [7, 11) is 0. The normalized spacial score (nSPS) is 10.1. The van der Waals surface area contributed by atoms with E-state index in [0.717, 1.165) is 6.42 Å². The zero-order chi connectivity index (χ0) is 10.4. The third kappa shape index (κ3) is 2.81. The summed E-state index contributed by atoms with van der Waals surface area (Å²) < 4.78 is 4.74. The smallest absolute Gasteiger partial charge is 0.378 e. The number of nitrogens with two attached hydrogens (primary N) is 1. The lowest BCUT2D eigenvalue weighted by Crippen LogP contribution is -2.07. The minimum atomic E-state index is -0.497. The van der Waals surface area contributed by atoms with Crippen molar-refractivity contribution >= 4 is 5.97 Å². The molecule has 1 aromatic rings.